The molecule has 1 aromatic carbocycles. The van der Waals surface area contributed by atoms with Crippen LogP contribution in [0.2, 0.25) is 5.02 Å². The number of nitrogens with zero attached hydrogens (tertiary/aromatic N) is 1. The second-order valence-corrected chi connectivity index (χ2v) is 4.69. The van der Waals surface area contributed by atoms with Gasteiger partial charge >= 0.3 is 0 Å². The zero-order chi connectivity index (χ0) is 11.4. The van der Waals surface area contributed by atoms with Crippen molar-refractivity contribution in [3.8, 4) is 0 Å². The van der Waals surface area contributed by atoms with Crippen LogP contribution in [-0.4, -0.2) is 4.98 Å². The fraction of sp³-hybridized carbons (Fsp3) is 0.182. The smallest absolute Gasteiger partial charge is 0.123 e. The minimum absolute atomic E-state index is 0.265. The topological polar surface area (TPSA) is 24.9 Å². The fourth-order valence-electron chi connectivity index (χ4n) is 1.33. The molecule has 1 N–H and O–H groups in total. The van der Waals surface area contributed by atoms with Gasteiger partial charge < -0.3 is 5.32 Å². The summed E-state index contributed by atoms with van der Waals surface area (Å²) in [6, 6.07) is 4.37. The van der Waals surface area contributed by atoms with Crippen molar-refractivity contribution in [3.63, 3.8) is 0 Å². The molecule has 2 nitrogen and oxygen atoms in total. The Hall–Kier alpha value is -0.970. The monoisotopic (exact) mass is 256 g/mol. The third-order valence-electron chi connectivity index (χ3n) is 2.11. The Morgan fingerprint density at radius 1 is 1.38 bits per heavy atom. The third kappa shape index (κ3) is 3.01. The standard InChI is InChI=1S/C11H10ClFN2S/c12-11-2-1-9(13)3-8(11)4-14-5-10-6-15-7-16-10/h1-3,6-7,14H,4-5H2. The minimum Gasteiger partial charge on any atom is -0.308 e. The Labute approximate surface area is 102 Å². The fourth-order valence-corrected chi connectivity index (χ4v) is 2.08. The van der Waals surface area contributed by atoms with Crippen LogP contribution in [0.1, 0.15) is 10.4 Å². The van der Waals surface area contributed by atoms with Crippen LogP contribution in [-0.2, 0) is 13.1 Å². The van der Waals surface area contributed by atoms with Gasteiger partial charge in [-0.05, 0) is 23.8 Å². The number of aromatic nitrogens is 1. The lowest BCUT2D eigenvalue weighted by molar-refractivity contribution is 0.620. The predicted molar refractivity (Wildman–Crippen MR) is 64.1 cm³/mol. The van der Waals surface area contributed by atoms with Gasteiger partial charge in [-0.3, -0.25) is 4.98 Å². The van der Waals surface area contributed by atoms with Crippen LogP contribution in [0.3, 0.4) is 0 Å². The summed E-state index contributed by atoms with van der Waals surface area (Å²) >= 11 is 7.53. The Kier molecular flexibility index (Phi) is 3.88. The van der Waals surface area contributed by atoms with E-state index in [4.69, 9.17) is 11.6 Å². The molecule has 1 aromatic heterocycles. The SMILES string of the molecule is Fc1ccc(Cl)c(CNCc2cncs2)c1. The molecule has 0 aliphatic rings. The summed E-state index contributed by atoms with van der Waals surface area (Å²) in [7, 11) is 0. The minimum atomic E-state index is -0.265. The van der Waals surface area contributed by atoms with E-state index in [0.717, 1.165) is 17.0 Å². The van der Waals surface area contributed by atoms with Crippen molar-refractivity contribution < 1.29 is 4.39 Å². The van der Waals surface area contributed by atoms with E-state index in [2.05, 4.69) is 10.3 Å². The first-order valence-electron chi connectivity index (χ1n) is 4.78. The summed E-state index contributed by atoms with van der Waals surface area (Å²) < 4.78 is 13.0. The van der Waals surface area contributed by atoms with Crippen molar-refractivity contribution in [1.82, 2.24) is 10.3 Å². The second kappa shape index (κ2) is 5.39. The summed E-state index contributed by atoms with van der Waals surface area (Å²) in [6.45, 7) is 1.27. The molecule has 0 spiro atoms. The molecule has 0 saturated carbocycles. The van der Waals surface area contributed by atoms with Crippen molar-refractivity contribution in [1.29, 1.82) is 0 Å². The number of rotatable bonds is 4. The van der Waals surface area contributed by atoms with Crippen LogP contribution in [0.25, 0.3) is 0 Å². The lowest BCUT2D eigenvalue weighted by Gasteiger charge is -2.05. The van der Waals surface area contributed by atoms with E-state index in [1.165, 1.54) is 12.1 Å². The van der Waals surface area contributed by atoms with Crippen LogP contribution >= 0.6 is 22.9 Å². The van der Waals surface area contributed by atoms with Crippen LogP contribution < -0.4 is 5.32 Å². The summed E-state index contributed by atoms with van der Waals surface area (Å²) in [4.78, 5) is 5.12. The largest absolute Gasteiger partial charge is 0.308 e. The van der Waals surface area contributed by atoms with E-state index in [-0.39, 0.29) is 5.82 Å². The molecule has 0 saturated heterocycles. The van der Waals surface area contributed by atoms with Gasteiger partial charge in [0.2, 0.25) is 0 Å². The lowest BCUT2D eigenvalue weighted by Crippen LogP contribution is -2.12. The predicted octanol–water partition coefficient (Wildman–Crippen LogP) is 3.23. The van der Waals surface area contributed by atoms with Gasteiger partial charge in [-0.15, -0.1) is 11.3 Å². The average Bonchev–Trinajstić information content (AvgIpc) is 2.76. The van der Waals surface area contributed by atoms with E-state index >= 15 is 0 Å². The van der Waals surface area contributed by atoms with Crippen molar-refractivity contribution in [3.05, 3.63) is 51.2 Å². The highest BCUT2D eigenvalue weighted by atomic mass is 35.5. The van der Waals surface area contributed by atoms with Gasteiger partial charge in [0.15, 0.2) is 0 Å². The van der Waals surface area contributed by atoms with Gasteiger partial charge in [0, 0.05) is 29.2 Å². The highest BCUT2D eigenvalue weighted by Crippen LogP contribution is 2.17. The molecule has 0 atom stereocenters. The van der Waals surface area contributed by atoms with Gasteiger partial charge in [0.1, 0.15) is 5.82 Å². The first-order valence-corrected chi connectivity index (χ1v) is 6.03. The molecule has 0 fully saturated rings. The number of hydrogen-bond donors (Lipinski definition) is 1. The molecule has 16 heavy (non-hydrogen) atoms. The normalized spacial score (nSPS) is 10.6. The number of halogens is 2. The quantitative estimate of drug-likeness (QED) is 0.909. The molecule has 0 bridgehead atoms. The van der Waals surface area contributed by atoms with Crippen LogP contribution in [0.4, 0.5) is 4.39 Å². The Bertz CT molecular complexity index is 459. The maximum Gasteiger partial charge on any atom is 0.123 e. The van der Waals surface area contributed by atoms with Crippen molar-refractivity contribution in [2.24, 2.45) is 0 Å². The number of hydrogen-bond acceptors (Lipinski definition) is 3. The number of nitrogens with one attached hydrogen (secondary N) is 1. The molecular formula is C11H10ClFN2S. The number of thiazole rings is 1. The zero-order valence-corrected chi connectivity index (χ0v) is 9.98. The molecule has 0 aliphatic heterocycles. The van der Waals surface area contributed by atoms with E-state index in [0.29, 0.717) is 11.6 Å². The molecule has 0 radical (unpaired) electrons. The Balaban J connectivity index is 1.92. The Morgan fingerprint density at radius 2 is 2.25 bits per heavy atom. The van der Waals surface area contributed by atoms with Gasteiger partial charge in [0.05, 0.1) is 5.51 Å². The molecule has 1 heterocycles. The highest BCUT2D eigenvalue weighted by Gasteiger charge is 2.02. The average molecular weight is 257 g/mol. The van der Waals surface area contributed by atoms with Crippen molar-refractivity contribution >= 4 is 22.9 Å². The van der Waals surface area contributed by atoms with Crippen molar-refractivity contribution in [2.75, 3.05) is 0 Å². The lowest BCUT2D eigenvalue weighted by atomic mass is 10.2. The number of benzene rings is 1. The molecular weight excluding hydrogens is 247 g/mol. The summed E-state index contributed by atoms with van der Waals surface area (Å²) in [5.41, 5.74) is 2.55. The second-order valence-electron chi connectivity index (χ2n) is 3.31. The molecule has 0 amide bonds. The molecule has 84 valence electrons. The first kappa shape index (κ1) is 11.5. The maximum absolute atomic E-state index is 13.0. The summed E-state index contributed by atoms with van der Waals surface area (Å²) in [5, 5.41) is 3.77. The molecule has 5 heteroatoms. The third-order valence-corrected chi connectivity index (χ3v) is 3.25. The van der Waals surface area contributed by atoms with Crippen molar-refractivity contribution in [2.45, 2.75) is 13.1 Å². The molecule has 0 unspecified atom stereocenters. The van der Waals surface area contributed by atoms with Crippen LogP contribution in [0, 0.1) is 5.82 Å². The molecule has 2 rings (SSSR count). The van der Waals surface area contributed by atoms with E-state index in [1.54, 1.807) is 22.9 Å². The van der Waals surface area contributed by atoms with Gasteiger partial charge in [-0.2, -0.15) is 0 Å². The first-order chi connectivity index (χ1) is 7.75. The van der Waals surface area contributed by atoms with E-state index in [9.17, 15) is 4.39 Å². The highest BCUT2D eigenvalue weighted by molar-refractivity contribution is 7.09. The summed E-state index contributed by atoms with van der Waals surface area (Å²) in [5.74, 6) is -0.265. The Morgan fingerprint density at radius 3 is 3.00 bits per heavy atom. The molecule has 2 aromatic rings. The van der Waals surface area contributed by atoms with Gasteiger partial charge in [-0.25, -0.2) is 4.39 Å². The van der Waals surface area contributed by atoms with Crippen LogP contribution in [0.5, 0.6) is 0 Å². The van der Waals surface area contributed by atoms with Gasteiger partial charge in [0.25, 0.3) is 0 Å². The zero-order valence-electron chi connectivity index (χ0n) is 8.41. The van der Waals surface area contributed by atoms with E-state index < -0.39 is 0 Å². The van der Waals surface area contributed by atoms with E-state index in [1.807, 2.05) is 6.20 Å². The van der Waals surface area contributed by atoms with Gasteiger partial charge in [-0.1, -0.05) is 11.6 Å². The van der Waals surface area contributed by atoms with Crippen LogP contribution in [0.15, 0.2) is 29.9 Å². The maximum atomic E-state index is 13.0. The summed E-state index contributed by atoms with van der Waals surface area (Å²) in [6.07, 6.45) is 1.81. The molecule has 0 aliphatic carbocycles.